The number of fused-ring (bicyclic) bond motifs is 1. The van der Waals surface area contributed by atoms with Gasteiger partial charge in [0.25, 0.3) is 5.91 Å². The van der Waals surface area contributed by atoms with E-state index in [1.54, 1.807) is 30.6 Å². The summed E-state index contributed by atoms with van der Waals surface area (Å²) < 4.78 is 16.3. The van der Waals surface area contributed by atoms with Gasteiger partial charge in [-0.05, 0) is 61.6 Å². The Kier molecular flexibility index (Phi) is 16.2. The third kappa shape index (κ3) is 13.8. The number of benzene rings is 2. The molecule has 3 aliphatic heterocycles. The van der Waals surface area contributed by atoms with Crippen LogP contribution in [0.2, 0.25) is 0 Å². The highest BCUT2D eigenvalue weighted by molar-refractivity contribution is 7.99. The second kappa shape index (κ2) is 21.9. The minimum absolute atomic E-state index is 0.0286. The first-order valence-corrected chi connectivity index (χ1v) is 21.2. The maximum Gasteiger partial charge on any atom is 0.255 e. The Labute approximate surface area is 358 Å². The van der Waals surface area contributed by atoms with Gasteiger partial charge in [0.05, 0.1) is 45.4 Å². The number of anilines is 2. The first kappa shape index (κ1) is 45.1. The molecule has 3 aromatic rings. The summed E-state index contributed by atoms with van der Waals surface area (Å²) in [5.41, 5.74) is 8.81. The Bertz CT molecular complexity index is 2040. The molecule has 6 amide bonds. The summed E-state index contributed by atoms with van der Waals surface area (Å²) in [4.78, 5) is 87.5. The van der Waals surface area contributed by atoms with Gasteiger partial charge in [-0.3, -0.25) is 34.1 Å². The zero-order valence-electron chi connectivity index (χ0n) is 34.2. The Balaban J connectivity index is 0.747. The van der Waals surface area contributed by atoms with Crippen molar-refractivity contribution in [1.29, 1.82) is 0 Å². The van der Waals surface area contributed by atoms with Crippen LogP contribution in [0.15, 0.2) is 64.8 Å². The molecule has 61 heavy (non-hydrogen) atoms. The molecule has 6 rings (SSSR count). The topological polar surface area (TPSA) is 237 Å². The van der Waals surface area contributed by atoms with E-state index in [0.717, 1.165) is 52.8 Å². The molecule has 0 bridgehead atoms. The number of nitrogens with two attached hydrogens (primary N) is 1. The van der Waals surface area contributed by atoms with E-state index in [1.165, 1.54) is 16.7 Å². The van der Waals surface area contributed by atoms with Crippen molar-refractivity contribution in [2.24, 2.45) is 5.73 Å². The minimum Gasteiger partial charge on any atom is -0.377 e. The van der Waals surface area contributed by atoms with Crippen LogP contribution in [0.25, 0.3) is 0 Å². The highest BCUT2D eigenvalue weighted by atomic mass is 32.2. The van der Waals surface area contributed by atoms with Crippen molar-refractivity contribution in [3.05, 3.63) is 71.5 Å². The second-order valence-electron chi connectivity index (χ2n) is 15.3. The molecule has 18 nitrogen and oxygen atoms in total. The Morgan fingerprint density at radius 3 is 2.41 bits per heavy atom. The Morgan fingerprint density at radius 1 is 0.902 bits per heavy atom. The van der Waals surface area contributed by atoms with E-state index in [2.05, 4.69) is 43.1 Å². The molecule has 2 aromatic carbocycles. The number of carbonyl (C=O) groups excluding carboxylic acids is 6. The van der Waals surface area contributed by atoms with Crippen molar-refractivity contribution in [2.75, 3.05) is 69.5 Å². The van der Waals surface area contributed by atoms with Crippen LogP contribution in [0.5, 0.6) is 0 Å². The quantitative estimate of drug-likeness (QED) is 0.0761. The lowest BCUT2D eigenvalue weighted by Gasteiger charge is -2.37. The molecule has 2 fully saturated rings. The molecule has 0 radical (unpaired) electrons. The van der Waals surface area contributed by atoms with Gasteiger partial charge in [0, 0.05) is 73.7 Å². The summed E-state index contributed by atoms with van der Waals surface area (Å²) in [5, 5.41) is 11.4. The highest BCUT2D eigenvalue weighted by Crippen LogP contribution is 2.30. The lowest BCUT2D eigenvalue weighted by atomic mass is 9.91. The molecule has 0 aliphatic carbocycles. The maximum absolute atomic E-state index is 12.9. The third-order valence-electron chi connectivity index (χ3n) is 10.4. The number of nitrogens with zero attached hydrogens (tertiary/aromatic N) is 4. The second-order valence-corrected chi connectivity index (χ2v) is 16.4. The SMILES string of the molecule is CC1(N)CCN(c2cnc(Sc3cccc(NC(=O)CCC(=O)NCCOCCOCCOCC(=O)NCc4ccc5c(c4)CN(C4CCC(=O)NC4=O)C5=O)c3)cn2)CC1. The van der Waals surface area contributed by atoms with Gasteiger partial charge in [-0.15, -0.1) is 0 Å². The number of rotatable bonds is 21. The maximum atomic E-state index is 12.9. The zero-order valence-corrected chi connectivity index (χ0v) is 35.1. The van der Waals surface area contributed by atoms with E-state index in [4.69, 9.17) is 19.9 Å². The summed E-state index contributed by atoms with van der Waals surface area (Å²) >= 11 is 1.44. The molecule has 4 heterocycles. The zero-order chi connectivity index (χ0) is 43.2. The van der Waals surface area contributed by atoms with Gasteiger partial charge in [0.1, 0.15) is 23.5 Å². The number of imide groups is 1. The van der Waals surface area contributed by atoms with E-state index in [9.17, 15) is 28.8 Å². The van der Waals surface area contributed by atoms with Crippen molar-refractivity contribution >= 4 is 58.7 Å². The normalized spacial score (nSPS) is 17.1. The van der Waals surface area contributed by atoms with Gasteiger partial charge in [0.2, 0.25) is 29.5 Å². The Morgan fingerprint density at radius 2 is 1.66 bits per heavy atom. The molecular formula is C42H53N9O9S. The fourth-order valence-electron chi connectivity index (χ4n) is 6.93. The summed E-state index contributed by atoms with van der Waals surface area (Å²) in [6.07, 6.45) is 5.88. The lowest BCUT2D eigenvalue weighted by molar-refractivity contribution is -0.137. The fourth-order valence-corrected chi connectivity index (χ4v) is 7.71. The van der Waals surface area contributed by atoms with E-state index in [1.807, 2.05) is 24.3 Å². The van der Waals surface area contributed by atoms with Gasteiger partial charge in [-0.25, -0.2) is 9.97 Å². The van der Waals surface area contributed by atoms with Crippen LogP contribution in [0.3, 0.4) is 0 Å². The molecular weight excluding hydrogens is 807 g/mol. The van der Waals surface area contributed by atoms with Crippen LogP contribution >= 0.6 is 11.8 Å². The molecule has 0 saturated carbocycles. The van der Waals surface area contributed by atoms with Crippen molar-refractivity contribution in [1.82, 2.24) is 30.8 Å². The Hall–Kier alpha value is -5.47. The first-order valence-electron chi connectivity index (χ1n) is 20.4. The smallest absolute Gasteiger partial charge is 0.255 e. The van der Waals surface area contributed by atoms with Crippen LogP contribution in [-0.4, -0.2) is 121 Å². The molecule has 1 atom stereocenters. The molecule has 326 valence electrons. The van der Waals surface area contributed by atoms with Crippen molar-refractivity contribution in [3.63, 3.8) is 0 Å². The molecule has 1 aromatic heterocycles. The summed E-state index contributed by atoms with van der Waals surface area (Å²) in [7, 11) is 0. The predicted octanol–water partition coefficient (Wildman–Crippen LogP) is 1.91. The van der Waals surface area contributed by atoms with Crippen LogP contribution < -0.4 is 31.9 Å². The number of nitrogens with one attached hydrogen (secondary N) is 4. The van der Waals surface area contributed by atoms with Gasteiger partial charge < -0.3 is 45.7 Å². The summed E-state index contributed by atoms with van der Waals surface area (Å²) in [6, 6.07) is 12.0. The standard InChI is InChI=1S/C42H53N9O9S/c1-42(43)11-14-50(15-12-42)34-24-47-39(25-45-34)61-31-4-2-3-30(22-31)48-36(53)10-9-35(52)44-13-16-58-17-18-59-19-20-60-27-38(55)46-23-28-5-6-32-29(21-28)26-51(41(32)57)33-7-8-37(54)49-40(33)56/h2-6,21-22,24-25,33H,7-20,23,26-27,43H2,1H3,(H,44,52)(H,46,55)(H,48,53)(H,49,54,56). The molecule has 6 N–H and O–H groups in total. The van der Waals surface area contributed by atoms with E-state index in [0.29, 0.717) is 30.9 Å². The number of aromatic nitrogens is 2. The largest absolute Gasteiger partial charge is 0.377 e. The average molecular weight is 860 g/mol. The average Bonchev–Trinajstić information content (AvgIpc) is 3.56. The summed E-state index contributed by atoms with van der Waals surface area (Å²) in [6.45, 7) is 5.77. The number of carbonyl (C=O) groups is 6. The monoisotopic (exact) mass is 859 g/mol. The molecule has 19 heteroatoms. The molecule has 0 spiro atoms. The third-order valence-corrected chi connectivity index (χ3v) is 11.3. The van der Waals surface area contributed by atoms with E-state index in [-0.39, 0.29) is 100 Å². The molecule has 2 saturated heterocycles. The van der Waals surface area contributed by atoms with Crippen LogP contribution in [0, 0.1) is 0 Å². The van der Waals surface area contributed by atoms with Crippen molar-refractivity contribution in [3.8, 4) is 0 Å². The fraction of sp³-hybridized carbons (Fsp3) is 0.476. The van der Waals surface area contributed by atoms with Crippen molar-refractivity contribution < 1.29 is 43.0 Å². The number of piperidine rings is 2. The number of ether oxygens (including phenoxy) is 3. The lowest BCUT2D eigenvalue weighted by Crippen LogP contribution is -2.52. The predicted molar refractivity (Wildman–Crippen MR) is 224 cm³/mol. The minimum atomic E-state index is -0.682. The number of hydrogen-bond donors (Lipinski definition) is 5. The number of hydrogen-bond acceptors (Lipinski definition) is 14. The number of amides is 6. The molecule has 1 unspecified atom stereocenters. The highest BCUT2D eigenvalue weighted by Gasteiger charge is 2.39. The van der Waals surface area contributed by atoms with E-state index >= 15 is 0 Å². The van der Waals surface area contributed by atoms with Crippen molar-refractivity contribution in [2.45, 2.75) is 80.0 Å². The first-order chi connectivity index (χ1) is 29.4. The van der Waals surface area contributed by atoms with Crippen LogP contribution in [0.4, 0.5) is 11.5 Å². The van der Waals surface area contributed by atoms with Gasteiger partial charge in [-0.1, -0.05) is 30.0 Å². The van der Waals surface area contributed by atoms with Crippen LogP contribution in [0.1, 0.15) is 66.9 Å². The van der Waals surface area contributed by atoms with Gasteiger partial charge in [-0.2, -0.15) is 0 Å². The van der Waals surface area contributed by atoms with E-state index < -0.39 is 11.9 Å². The molecule has 3 aliphatic rings. The van der Waals surface area contributed by atoms with Crippen LogP contribution in [-0.2, 0) is 51.3 Å². The van der Waals surface area contributed by atoms with Gasteiger partial charge >= 0.3 is 0 Å². The van der Waals surface area contributed by atoms with Gasteiger partial charge in [0.15, 0.2) is 0 Å². The summed E-state index contributed by atoms with van der Waals surface area (Å²) in [5.74, 6) is -1.05.